The molecular weight excluding hydrogens is 442 g/mol. The third-order valence-corrected chi connectivity index (χ3v) is 7.05. The van der Waals surface area contributed by atoms with Crippen LogP contribution in [0.15, 0.2) is 78.0 Å². The average Bonchev–Trinajstić information content (AvgIpc) is 3.55. The first-order chi connectivity index (χ1) is 17.7. The van der Waals surface area contributed by atoms with Crippen LogP contribution in [0.25, 0.3) is 33.2 Å². The minimum absolute atomic E-state index is 0.578. The Labute approximate surface area is 212 Å². The number of imidazole rings is 1. The van der Waals surface area contributed by atoms with Crippen LogP contribution < -0.4 is 4.74 Å². The minimum Gasteiger partial charge on any atom is -0.488 e. The van der Waals surface area contributed by atoms with Crippen LogP contribution in [0.3, 0.4) is 0 Å². The summed E-state index contributed by atoms with van der Waals surface area (Å²) in [6.45, 7) is 4.89. The fraction of sp³-hybridized carbons (Fsp3) is 0.250. The summed E-state index contributed by atoms with van der Waals surface area (Å²) in [7, 11) is 0. The number of hydrogen-bond acceptors (Lipinski definition) is 3. The predicted molar refractivity (Wildman–Crippen MR) is 149 cm³/mol. The molecule has 2 aliphatic heterocycles. The van der Waals surface area contributed by atoms with Crippen molar-refractivity contribution in [2.75, 3.05) is 0 Å². The summed E-state index contributed by atoms with van der Waals surface area (Å²) in [6.07, 6.45) is 15.5. The Morgan fingerprint density at radius 3 is 2.64 bits per heavy atom. The third-order valence-electron chi connectivity index (χ3n) is 7.05. The molecule has 4 aromatic rings. The summed E-state index contributed by atoms with van der Waals surface area (Å²) in [5, 5.41) is 2.57. The zero-order valence-corrected chi connectivity index (χ0v) is 21.0. The Morgan fingerprint density at radius 1 is 0.917 bits per heavy atom. The molecule has 0 atom stereocenters. The molecule has 2 aliphatic rings. The van der Waals surface area contributed by atoms with E-state index in [0.717, 1.165) is 66.2 Å². The van der Waals surface area contributed by atoms with Gasteiger partial charge in [-0.15, -0.1) is 0 Å². The van der Waals surface area contributed by atoms with Crippen LogP contribution in [0.2, 0.25) is 0 Å². The molecule has 3 heterocycles. The fourth-order valence-corrected chi connectivity index (χ4v) is 5.21. The van der Waals surface area contributed by atoms with Gasteiger partial charge in [0.1, 0.15) is 18.2 Å². The van der Waals surface area contributed by atoms with Gasteiger partial charge in [-0.1, -0.05) is 50.3 Å². The maximum atomic E-state index is 6.27. The molecule has 1 N–H and O–H groups in total. The van der Waals surface area contributed by atoms with Crippen molar-refractivity contribution in [3.05, 3.63) is 89.9 Å². The van der Waals surface area contributed by atoms with Crippen molar-refractivity contribution in [2.45, 2.75) is 52.6 Å². The Balaban J connectivity index is 1.30. The van der Waals surface area contributed by atoms with E-state index >= 15 is 0 Å². The number of benzene rings is 3. The largest absolute Gasteiger partial charge is 0.488 e. The van der Waals surface area contributed by atoms with E-state index in [1.54, 1.807) is 0 Å². The molecule has 4 heteroatoms. The Hall–Kier alpha value is -3.92. The van der Waals surface area contributed by atoms with Crippen LogP contribution in [-0.2, 0) is 19.4 Å². The normalized spacial score (nSPS) is 14.2. The highest BCUT2D eigenvalue weighted by Crippen LogP contribution is 2.43. The highest BCUT2D eigenvalue weighted by molar-refractivity contribution is 6.03. The molecule has 0 bridgehead atoms. The lowest BCUT2D eigenvalue weighted by molar-refractivity contribution is 0.302. The van der Waals surface area contributed by atoms with Gasteiger partial charge in [-0.2, -0.15) is 0 Å². The summed E-state index contributed by atoms with van der Waals surface area (Å²) in [5.41, 5.74) is 9.47. The van der Waals surface area contributed by atoms with Crippen molar-refractivity contribution in [1.29, 1.82) is 0 Å². The molecule has 1 aromatic heterocycles. The number of ether oxygens (including phenoxy) is 1. The molecule has 180 valence electrons. The van der Waals surface area contributed by atoms with Crippen molar-refractivity contribution in [3.8, 4) is 28.1 Å². The van der Waals surface area contributed by atoms with Crippen LogP contribution in [0.4, 0.5) is 5.69 Å². The lowest BCUT2D eigenvalue weighted by Crippen LogP contribution is -2.06. The quantitative estimate of drug-likeness (QED) is 0.275. The van der Waals surface area contributed by atoms with Gasteiger partial charge in [-0.05, 0) is 70.6 Å². The van der Waals surface area contributed by atoms with Gasteiger partial charge in [0, 0.05) is 36.1 Å². The molecule has 0 radical (unpaired) electrons. The molecule has 36 heavy (non-hydrogen) atoms. The molecule has 0 saturated carbocycles. The average molecular weight is 474 g/mol. The van der Waals surface area contributed by atoms with E-state index in [4.69, 9.17) is 9.73 Å². The third kappa shape index (κ3) is 4.17. The summed E-state index contributed by atoms with van der Waals surface area (Å²) in [6, 6.07) is 15.5. The molecular formula is C32H31N3O. The number of aromatic amines is 1. The van der Waals surface area contributed by atoms with E-state index in [2.05, 4.69) is 90.6 Å². The lowest BCUT2D eigenvalue weighted by Gasteiger charge is -2.22. The van der Waals surface area contributed by atoms with Crippen molar-refractivity contribution in [3.63, 3.8) is 0 Å². The molecule has 0 unspecified atom stereocenters. The number of fused-ring (bicyclic) bond motifs is 6. The summed E-state index contributed by atoms with van der Waals surface area (Å²) >= 11 is 0. The van der Waals surface area contributed by atoms with E-state index in [1.807, 2.05) is 6.20 Å². The highest BCUT2D eigenvalue weighted by Gasteiger charge is 2.22. The second kappa shape index (κ2) is 9.62. The lowest BCUT2D eigenvalue weighted by atomic mass is 9.90. The molecule has 3 aromatic carbocycles. The van der Waals surface area contributed by atoms with Gasteiger partial charge in [-0.25, -0.2) is 4.98 Å². The number of aliphatic imine (C=N–C) groups is 1. The summed E-state index contributed by atoms with van der Waals surface area (Å²) in [5.74, 6) is 1.90. The first-order valence-electron chi connectivity index (χ1n) is 13.0. The van der Waals surface area contributed by atoms with Crippen molar-refractivity contribution in [2.24, 2.45) is 4.99 Å². The van der Waals surface area contributed by atoms with Gasteiger partial charge >= 0.3 is 0 Å². The van der Waals surface area contributed by atoms with Gasteiger partial charge < -0.3 is 9.72 Å². The van der Waals surface area contributed by atoms with Crippen LogP contribution >= 0.6 is 0 Å². The maximum absolute atomic E-state index is 6.27. The van der Waals surface area contributed by atoms with Crippen LogP contribution in [0, 0.1) is 0 Å². The molecule has 0 fully saturated rings. The molecule has 0 amide bonds. The summed E-state index contributed by atoms with van der Waals surface area (Å²) in [4.78, 5) is 12.9. The second-order valence-corrected chi connectivity index (χ2v) is 9.56. The van der Waals surface area contributed by atoms with Gasteiger partial charge in [0.05, 0.1) is 17.6 Å². The molecule has 0 spiro atoms. The minimum atomic E-state index is 0.578. The van der Waals surface area contributed by atoms with E-state index in [9.17, 15) is 0 Å². The van der Waals surface area contributed by atoms with E-state index in [0.29, 0.717) is 6.61 Å². The standard InChI is InChI=1S/C32H31N3O/c1-3-5-7-9-24-18-28-26-16-23-20-36-31-17-22(30-19-33-32(35-30)10-8-6-4-2)11-13-25(31)27(23)15-21(26)12-14-29(28)34-24/h5-8,11-17,19H,3-4,9-10,18,20H2,1-2H3,(H,33,35). The van der Waals surface area contributed by atoms with Crippen LogP contribution in [0.1, 0.15) is 50.1 Å². The van der Waals surface area contributed by atoms with E-state index in [-0.39, 0.29) is 0 Å². The zero-order chi connectivity index (χ0) is 24.5. The number of aromatic nitrogens is 2. The van der Waals surface area contributed by atoms with Gasteiger partial charge in [0.25, 0.3) is 0 Å². The molecule has 0 saturated heterocycles. The Kier molecular flexibility index (Phi) is 6.02. The number of allylic oxidation sites excluding steroid dienone is 4. The molecule has 4 nitrogen and oxygen atoms in total. The van der Waals surface area contributed by atoms with Crippen molar-refractivity contribution >= 4 is 22.2 Å². The highest BCUT2D eigenvalue weighted by atomic mass is 16.5. The van der Waals surface area contributed by atoms with E-state index in [1.165, 1.54) is 33.2 Å². The monoisotopic (exact) mass is 473 g/mol. The van der Waals surface area contributed by atoms with Gasteiger partial charge in [0.15, 0.2) is 0 Å². The zero-order valence-electron chi connectivity index (χ0n) is 21.0. The second-order valence-electron chi connectivity index (χ2n) is 9.56. The smallest absolute Gasteiger partial charge is 0.128 e. The number of nitrogens with zero attached hydrogens (tertiary/aromatic N) is 2. The molecule has 6 rings (SSSR count). The topological polar surface area (TPSA) is 50.3 Å². The maximum Gasteiger partial charge on any atom is 0.128 e. The van der Waals surface area contributed by atoms with Gasteiger partial charge in [0.2, 0.25) is 0 Å². The Morgan fingerprint density at radius 2 is 1.78 bits per heavy atom. The van der Waals surface area contributed by atoms with Crippen LogP contribution in [0.5, 0.6) is 5.75 Å². The summed E-state index contributed by atoms with van der Waals surface area (Å²) < 4.78 is 6.27. The number of H-pyrrole nitrogens is 1. The number of hydrogen-bond donors (Lipinski definition) is 1. The number of nitrogens with one attached hydrogen (secondary N) is 1. The SMILES string of the molecule is CCC=CCC1=Nc2ccc3cc4c(cc3c2C1)COc1cc(-c2cnc(CC=CCC)[nH]2)ccc1-4. The first-order valence-corrected chi connectivity index (χ1v) is 13.0. The van der Waals surface area contributed by atoms with Crippen molar-refractivity contribution < 1.29 is 4.74 Å². The number of rotatable bonds is 7. The fourth-order valence-electron chi connectivity index (χ4n) is 5.21. The molecule has 0 aliphatic carbocycles. The van der Waals surface area contributed by atoms with Gasteiger partial charge in [-0.3, -0.25) is 4.99 Å². The van der Waals surface area contributed by atoms with Crippen LogP contribution in [-0.4, -0.2) is 15.7 Å². The predicted octanol–water partition coefficient (Wildman–Crippen LogP) is 8.28. The Bertz CT molecular complexity index is 1540. The van der Waals surface area contributed by atoms with E-state index < -0.39 is 0 Å². The first kappa shape index (κ1) is 22.5. The van der Waals surface area contributed by atoms with Crippen molar-refractivity contribution in [1.82, 2.24) is 9.97 Å².